The summed E-state index contributed by atoms with van der Waals surface area (Å²) in [5, 5.41) is 0. The van der Waals surface area contributed by atoms with Gasteiger partial charge < -0.3 is 4.74 Å². The fourth-order valence-corrected chi connectivity index (χ4v) is 1.91. The van der Waals surface area contributed by atoms with Gasteiger partial charge in [0.2, 0.25) is 0 Å². The lowest BCUT2D eigenvalue weighted by Crippen LogP contribution is -2.06. The molecule has 68 valence electrons. The summed E-state index contributed by atoms with van der Waals surface area (Å²) in [7, 11) is 1.74. The van der Waals surface area contributed by atoms with E-state index in [-0.39, 0.29) is 0 Å². The first-order valence-electron chi connectivity index (χ1n) is 4.62. The molecule has 1 nitrogen and oxygen atoms in total. The van der Waals surface area contributed by atoms with E-state index in [1.807, 2.05) is 6.07 Å². The highest BCUT2D eigenvalue weighted by Gasteiger charge is 2.14. The molecule has 0 radical (unpaired) electrons. The minimum Gasteiger partial charge on any atom is -0.496 e. The van der Waals surface area contributed by atoms with E-state index in [9.17, 15) is 0 Å². The number of ether oxygens (including phenoxy) is 1. The lowest BCUT2D eigenvalue weighted by molar-refractivity contribution is 0.408. The molecule has 0 heterocycles. The van der Waals surface area contributed by atoms with Crippen molar-refractivity contribution in [3.05, 3.63) is 41.5 Å². The van der Waals surface area contributed by atoms with Crippen LogP contribution in [0.3, 0.4) is 0 Å². The molecule has 0 N–H and O–H groups in total. The van der Waals surface area contributed by atoms with Crippen LogP contribution in [0.4, 0.5) is 0 Å². The van der Waals surface area contributed by atoms with Crippen molar-refractivity contribution >= 4 is 0 Å². The first kappa shape index (κ1) is 8.36. The summed E-state index contributed by atoms with van der Waals surface area (Å²) >= 11 is 0. The van der Waals surface area contributed by atoms with Gasteiger partial charge in [-0.15, -0.1) is 0 Å². The molecule has 0 fully saturated rings. The van der Waals surface area contributed by atoms with Crippen LogP contribution >= 0.6 is 0 Å². The van der Waals surface area contributed by atoms with E-state index in [0.717, 1.165) is 25.0 Å². The maximum Gasteiger partial charge on any atom is 0.122 e. The smallest absolute Gasteiger partial charge is 0.122 e. The van der Waals surface area contributed by atoms with Crippen molar-refractivity contribution in [3.8, 4) is 5.75 Å². The van der Waals surface area contributed by atoms with Gasteiger partial charge in [-0.2, -0.15) is 0 Å². The highest BCUT2D eigenvalue weighted by molar-refractivity contribution is 5.44. The molecule has 0 saturated heterocycles. The molecule has 1 aliphatic rings. The zero-order valence-electron chi connectivity index (χ0n) is 7.97. The number of fused-ring (bicyclic) bond motifs is 1. The van der Waals surface area contributed by atoms with Crippen LogP contribution < -0.4 is 4.74 Å². The van der Waals surface area contributed by atoms with Crippen LogP contribution in [0.25, 0.3) is 0 Å². The van der Waals surface area contributed by atoms with Crippen molar-refractivity contribution in [3.63, 3.8) is 0 Å². The summed E-state index contributed by atoms with van der Waals surface area (Å²) in [4.78, 5) is 0. The van der Waals surface area contributed by atoms with Crippen LogP contribution in [0.2, 0.25) is 0 Å². The van der Waals surface area contributed by atoms with Gasteiger partial charge in [-0.25, -0.2) is 0 Å². The van der Waals surface area contributed by atoms with E-state index < -0.39 is 0 Å². The largest absolute Gasteiger partial charge is 0.496 e. The first-order chi connectivity index (χ1) is 6.31. The molecular weight excluding hydrogens is 160 g/mol. The third-order valence-corrected chi connectivity index (χ3v) is 2.62. The fraction of sp³-hybridized carbons (Fsp3) is 0.333. The number of rotatable bonds is 1. The Morgan fingerprint density at radius 3 is 2.92 bits per heavy atom. The minimum absolute atomic E-state index is 1.02. The Morgan fingerprint density at radius 2 is 2.15 bits per heavy atom. The predicted octanol–water partition coefficient (Wildman–Crippen LogP) is 2.74. The molecule has 1 heteroatoms. The van der Waals surface area contributed by atoms with Gasteiger partial charge in [-0.05, 0) is 36.5 Å². The Kier molecular flexibility index (Phi) is 2.09. The van der Waals surface area contributed by atoms with Gasteiger partial charge >= 0.3 is 0 Å². The molecule has 0 unspecified atom stereocenters. The number of methoxy groups -OCH3 is 1. The molecule has 0 spiro atoms. The van der Waals surface area contributed by atoms with E-state index in [1.54, 1.807) is 7.11 Å². The van der Waals surface area contributed by atoms with Crippen LogP contribution in [-0.2, 0) is 12.8 Å². The summed E-state index contributed by atoms with van der Waals surface area (Å²) in [5.74, 6) is 1.03. The van der Waals surface area contributed by atoms with Gasteiger partial charge in [-0.1, -0.05) is 24.3 Å². The number of benzene rings is 1. The first-order valence-corrected chi connectivity index (χ1v) is 4.62. The monoisotopic (exact) mass is 174 g/mol. The van der Waals surface area contributed by atoms with E-state index >= 15 is 0 Å². The van der Waals surface area contributed by atoms with Crippen molar-refractivity contribution in [1.29, 1.82) is 0 Å². The summed E-state index contributed by atoms with van der Waals surface area (Å²) in [6.07, 6.45) is 3.21. The van der Waals surface area contributed by atoms with Crippen LogP contribution in [-0.4, -0.2) is 7.11 Å². The van der Waals surface area contributed by atoms with Crippen molar-refractivity contribution in [1.82, 2.24) is 0 Å². The van der Waals surface area contributed by atoms with E-state index in [4.69, 9.17) is 4.74 Å². The van der Waals surface area contributed by atoms with Crippen molar-refractivity contribution in [2.24, 2.45) is 0 Å². The third-order valence-electron chi connectivity index (χ3n) is 2.62. The standard InChI is InChI=1S/C12H14O/c1-9-6-7-11-10(8-9)4-3-5-12(11)13-2/h3-5H,1,6-8H2,2H3. The molecular formula is C12H14O. The highest BCUT2D eigenvalue weighted by atomic mass is 16.5. The summed E-state index contributed by atoms with van der Waals surface area (Å²) in [6, 6.07) is 6.26. The second-order valence-corrected chi connectivity index (χ2v) is 3.52. The minimum atomic E-state index is 1.02. The topological polar surface area (TPSA) is 9.23 Å². The zero-order chi connectivity index (χ0) is 9.26. The van der Waals surface area contributed by atoms with E-state index in [2.05, 4.69) is 18.7 Å². The van der Waals surface area contributed by atoms with E-state index in [0.29, 0.717) is 0 Å². The van der Waals surface area contributed by atoms with Crippen LogP contribution in [0.5, 0.6) is 5.75 Å². The van der Waals surface area contributed by atoms with Crippen molar-refractivity contribution in [2.45, 2.75) is 19.3 Å². The van der Waals surface area contributed by atoms with Crippen LogP contribution in [0, 0.1) is 0 Å². The number of hydrogen-bond donors (Lipinski definition) is 0. The third kappa shape index (κ3) is 1.46. The van der Waals surface area contributed by atoms with Gasteiger partial charge in [0, 0.05) is 0 Å². The fourth-order valence-electron chi connectivity index (χ4n) is 1.91. The summed E-state index contributed by atoms with van der Waals surface area (Å²) in [6.45, 7) is 4.03. The molecule has 0 aliphatic heterocycles. The molecule has 2 rings (SSSR count). The quantitative estimate of drug-likeness (QED) is 0.595. The lowest BCUT2D eigenvalue weighted by Gasteiger charge is -2.19. The Balaban J connectivity index is 2.45. The SMILES string of the molecule is C=C1CCc2c(cccc2OC)C1. The molecule has 0 aromatic heterocycles. The average Bonchev–Trinajstić information content (AvgIpc) is 2.16. The van der Waals surface area contributed by atoms with Gasteiger partial charge in [0.1, 0.15) is 5.75 Å². The molecule has 0 atom stereocenters. The predicted molar refractivity (Wildman–Crippen MR) is 54.2 cm³/mol. The second-order valence-electron chi connectivity index (χ2n) is 3.52. The zero-order valence-corrected chi connectivity index (χ0v) is 7.97. The van der Waals surface area contributed by atoms with Crippen LogP contribution in [0.1, 0.15) is 17.5 Å². The van der Waals surface area contributed by atoms with Crippen molar-refractivity contribution in [2.75, 3.05) is 7.11 Å². The number of allylic oxidation sites excluding steroid dienone is 1. The molecule has 1 aliphatic carbocycles. The number of hydrogen-bond acceptors (Lipinski definition) is 1. The maximum absolute atomic E-state index is 5.32. The molecule has 1 aromatic rings. The van der Waals surface area contributed by atoms with Gasteiger partial charge in [-0.3, -0.25) is 0 Å². The van der Waals surface area contributed by atoms with Gasteiger partial charge in [0.25, 0.3) is 0 Å². The van der Waals surface area contributed by atoms with Gasteiger partial charge in [0.05, 0.1) is 7.11 Å². The second kappa shape index (κ2) is 3.25. The molecule has 13 heavy (non-hydrogen) atoms. The van der Waals surface area contributed by atoms with Crippen molar-refractivity contribution < 1.29 is 4.74 Å². The normalized spacial score (nSPS) is 15.3. The average molecular weight is 174 g/mol. The molecule has 0 amide bonds. The Bertz CT molecular complexity index is 339. The molecule has 0 bridgehead atoms. The molecule has 1 aromatic carbocycles. The van der Waals surface area contributed by atoms with Crippen LogP contribution in [0.15, 0.2) is 30.4 Å². The Labute approximate surface area is 79.0 Å². The molecule has 0 saturated carbocycles. The maximum atomic E-state index is 5.32. The summed E-state index contributed by atoms with van der Waals surface area (Å²) in [5.41, 5.74) is 4.09. The van der Waals surface area contributed by atoms with E-state index in [1.165, 1.54) is 16.7 Å². The lowest BCUT2D eigenvalue weighted by atomic mass is 9.88. The Hall–Kier alpha value is -1.24. The highest BCUT2D eigenvalue weighted by Crippen LogP contribution is 2.30. The summed E-state index contributed by atoms with van der Waals surface area (Å²) < 4.78 is 5.32. The Morgan fingerprint density at radius 1 is 1.31 bits per heavy atom. The van der Waals surface area contributed by atoms with Gasteiger partial charge in [0.15, 0.2) is 0 Å².